The van der Waals surface area contributed by atoms with Crippen molar-refractivity contribution in [1.82, 2.24) is 10.2 Å². The van der Waals surface area contributed by atoms with Crippen LogP contribution in [0.25, 0.3) is 0 Å². The third kappa shape index (κ3) is 5.13. The number of nitrogens with one attached hydrogen (secondary N) is 1. The Hall–Kier alpha value is -3.08. The van der Waals surface area contributed by atoms with Gasteiger partial charge in [0.15, 0.2) is 6.10 Å². The molecule has 1 N–H and O–H groups in total. The molecule has 0 aromatic heterocycles. The van der Waals surface area contributed by atoms with Crippen molar-refractivity contribution in [2.75, 3.05) is 13.1 Å². The molecule has 1 aliphatic carbocycles. The van der Waals surface area contributed by atoms with Crippen LogP contribution in [0.15, 0.2) is 61.2 Å². The molecule has 33 heavy (non-hydrogen) atoms. The van der Waals surface area contributed by atoms with Crippen molar-refractivity contribution >= 4 is 11.8 Å². The molecule has 2 aliphatic rings. The summed E-state index contributed by atoms with van der Waals surface area (Å²) in [7, 11) is 0. The van der Waals surface area contributed by atoms with Gasteiger partial charge in [-0.2, -0.15) is 0 Å². The lowest BCUT2D eigenvalue weighted by molar-refractivity contribution is -0.137. The summed E-state index contributed by atoms with van der Waals surface area (Å²) in [6, 6.07) is 16.2. The fraction of sp³-hybridized carbons (Fsp3) is 0.429. The van der Waals surface area contributed by atoms with E-state index in [-0.39, 0.29) is 23.8 Å². The zero-order valence-electron chi connectivity index (χ0n) is 19.5. The van der Waals surface area contributed by atoms with Crippen LogP contribution in [0.2, 0.25) is 0 Å². The van der Waals surface area contributed by atoms with Gasteiger partial charge in [-0.25, -0.2) is 0 Å². The highest BCUT2D eigenvalue weighted by molar-refractivity contribution is 5.81. The third-order valence-corrected chi connectivity index (χ3v) is 6.81. The predicted octanol–water partition coefficient (Wildman–Crippen LogP) is 4.81. The number of fused-ring (bicyclic) bond motifs is 1. The fourth-order valence-electron chi connectivity index (χ4n) is 5.08. The molecule has 1 fully saturated rings. The summed E-state index contributed by atoms with van der Waals surface area (Å²) in [6.07, 6.45) is 6.74. The highest BCUT2D eigenvalue weighted by atomic mass is 16.5. The van der Waals surface area contributed by atoms with Crippen LogP contribution in [-0.4, -0.2) is 35.9 Å². The van der Waals surface area contributed by atoms with Gasteiger partial charge in [-0.3, -0.25) is 9.59 Å². The van der Waals surface area contributed by atoms with Crippen LogP contribution in [0.4, 0.5) is 0 Å². The SMILES string of the molecule is C=CCNC(=O)[C@@H](CC)Oc1ccc2c(c1)[C@@H](c1ccccc1)N(C(=O)C1CCCC1)CC2. The highest BCUT2D eigenvalue weighted by Crippen LogP contribution is 2.39. The number of hydrogen-bond acceptors (Lipinski definition) is 3. The maximum atomic E-state index is 13.5. The Labute approximate surface area is 196 Å². The molecule has 5 heteroatoms. The zero-order valence-corrected chi connectivity index (χ0v) is 19.5. The zero-order chi connectivity index (χ0) is 23.2. The molecule has 0 bridgehead atoms. The molecule has 5 nitrogen and oxygen atoms in total. The van der Waals surface area contributed by atoms with Crippen LogP contribution >= 0.6 is 0 Å². The van der Waals surface area contributed by atoms with Crippen LogP contribution in [0.1, 0.15) is 61.8 Å². The van der Waals surface area contributed by atoms with E-state index >= 15 is 0 Å². The van der Waals surface area contributed by atoms with Crippen LogP contribution < -0.4 is 10.1 Å². The van der Waals surface area contributed by atoms with Gasteiger partial charge in [0.2, 0.25) is 5.91 Å². The largest absolute Gasteiger partial charge is 0.481 e. The van der Waals surface area contributed by atoms with Gasteiger partial charge in [0.25, 0.3) is 5.91 Å². The van der Waals surface area contributed by atoms with Gasteiger partial charge in [0.05, 0.1) is 6.04 Å². The predicted molar refractivity (Wildman–Crippen MR) is 130 cm³/mol. The van der Waals surface area contributed by atoms with Gasteiger partial charge in [-0.15, -0.1) is 6.58 Å². The average molecular weight is 447 g/mol. The monoisotopic (exact) mass is 446 g/mol. The van der Waals surface area contributed by atoms with Gasteiger partial charge in [-0.05, 0) is 54.5 Å². The van der Waals surface area contributed by atoms with Crippen molar-refractivity contribution in [2.24, 2.45) is 5.92 Å². The minimum atomic E-state index is -0.571. The van der Waals surface area contributed by atoms with E-state index < -0.39 is 6.10 Å². The third-order valence-electron chi connectivity index (χ3n) is 6.81. The first kappa shape index (κ1) is 23.1. The van der Waals surface area contributed by atoms with E-state index in [9.17, 15) is 9.59 Å². The summed E-state index contributed by atoms with van der Waals surface area (Å²) in [4.78, 5) is 28.1. The van der Waals surface area contributed by atoms with Gasteiger partial charge < -0.3 is 15.0 Å². The second kappa shape index (κ2) is 10.7. The second-order valence-corrected chi connectivity index (χ2v) is 8.99. The molecule has 2 atom stereocenters. The Kier molecular flexibility index (Phi) is 7.48. The molecule has 1 heterocycles. The number of rotatable bonds is 8. The maximum absolute atomic E-state index is 13.5. The van der Waals surface area contributed by atoms with E-state index in [2.05, 4.69) is 35.0 Å². The minimum Gasteiger partial charge on any atom is -0.481 e. The summed E-state index contributed by atoms with van der Waals surface area (Å²) >= 11 is 0. The summed E-state index contributed by atoms with van der Waals surface area (Å²) < 4.78 is 6.12. The molecular weight excluding hydrogens is 412 g/mol. The normalized spacial score (nSPS) is 18.9. The number of carbonyl (C=O) groups is 2. The standard InChI is InChI=1S/C28H34N2O3/c1-3-17-29-27(31)25(4-2)33-23-15-14-20-16-18-30(28(32)22-12-8-9-13-22)26(24(20)19-23)21-10-6-5-7-11-21/h3,5-7,10-11,14-15,19,22,25-26H,1,4,8-9,12-13,16-18H2,2H3,(H,29,31)/t25-,26-/m1/s1. The van der Waals surface area contributed by atoms with Gasteiger partial charge in [0.1, 0.15) is 5.75 Å². The maximum Gasteiger partial charge on any atom is 0.261 e. The molecule has 0 saturated heterocycles. The minimum absolute atomic E-state index is 0.134. The van der Waals surface area contributed by atoms with Crippen molar-refractivity contribution in [2.45, 2.75) is 57.6 Å². The lowest BCUT2D eigenvalue weighted by Crippen LogP contribution is -2.43. The number of carbonyl (C=O) groups excluding carboxylic acids is 2. The first-order valence-electron chi connectivity index (χ1n) is 12.2. The quantitative estimate of drug-likeness (QED) is 0.592. The molecule has 1 saturated carbocycles. The first-order chi connectivity index (χ1) is 16.1. The highest BCUT2D eigenvalue weighted by Gasteiger charge is 2.36. The Bertz CT molecular complexity index is 982. The molecule has 2 amide bonds. The van der Waals surface area contributed by atoms with E-state index in [4.69, 9.17) is 4.74 Å². The molecule has 0 unspecified atom stereocenters. The van der Waals surface area contributed by atoms with Gasteiger partial charge in [-0.1, -0.05) is 62.2 Å². The van der Waals surface area contributed by atoms with Crippen molar-refractivity contribution in [3.63, 3.8) is 0 Å². The molecular formula is C28H34N2O3. The van der Waals surface area contributed by atoms with Crippen molar-refractivity contribution in [3.05, 3.63) is 77.9 Å². The average Bonchev–Trinajstić information content (AvgIpc) is 3.40. The van der Waals surface area contributed by atoms with Crippen LogP contribution in [-0.2, 0) is 16.0 Å². The number of nitrogens with zero attached hydrogens (tertiary/aromatic N) is 1. The Morgan fingerprint density at radius 3 is 2.64 bits per heavy atom. The number of ether oxygens (including phenoxy) is 1. The van der Waals surface area contributed by atoms with E-state index in [1.165, 1.54) is 5.56 Å². The summed E-state index contributed by atoms with van der Waals surface area (Å²) in [5.74, 6) is 0.919. The van der Waals surface area contributed by atoms with Crippen LogP contribution in [0.5, 0.6) is 5.75 Å². The molecule has 0 spiro atoms. The molecule has 174 valence electrons. The van der Waals surface area contributed by atoms with Crippen molar-refractivity contribution in [1.29, 1.82) is 0 Å². The van der Waals surface area contributed by atoms with Crippen molar-refractivity contribution in [3.8, 4) is 5.75 Å². The summed E-state index contributed by atoms with van der Waals surface area (Å²) in [5, 5.41) is 2.82. The second-order valence-electron chi connectivity index (χ2n) is 8.99. The smallest absolute Gasteiger partial charge is 0.261 e. The van der Waals surface area contributed by atoms with E-state index in [1.54, 1.807) is 6.08 Å². The molecule has 0 radical (unpaired) electrons. The number of hydrogen-bond donors (Lipinski definition) is 1. The Balaban J connectivity index is 1.65. The summed E-state index contributed by atoms with van der Waals surface area (Å²) in [6.45, 7) is 6.72. The summed E-state index contributed by atoms with van der Waals surface area (Å²) in [5.41, 5.74) is 3.44. The van der Waals surface area contributed by atoms with Crippen LogP contribution in [0.3, 0.4) is 0 Å². The molecule has 2 aromatic rings. The van der Waals surface area contributed by atoms with Gasteiger partial charge in [0, 0.05) is 19.0 Å². The Morgan fingerprint density at radius 2 is 1.94 bits per heavy atom. The molecule has 1 aliphatic heterocycles. The Morgan fingerprint density at radius 1 is 1.18 bits per heavy atom. The van der Waals surface area contributed by atoms with Crippen LogP contribution in [0, 0.1) is 5.92 Å². The molecule has 2 aromatic carbocycles. The van der Waals surface area contributed by atoms with E-state index in [0.29, 0.717) is 18.7 Å². The van der Waals surface area contributed by atoms with E-state index in [1.807, 2.05) is 37.3 Å². The number of benzene rings is 2. The topological polar surface area (TPSA) is 58.6 Å². The number of amides is 2. The fourth-order valence-corrected chi connectivity index (χ4v) is 5.08. The molecule has 4 rings (SSSR count). The first-order valence-corrected chi connectivity index (χ1v) is 12.2. The lowest BCUT2D eigenvalue weighted by atomic mass is 9.87. The van der Waals surface area contributed by atoms with Gasteiger partial charge >= 0.3 is 0 Å². The van der Waals surface area contributed by atoms with Crippen molar-refractivity contribution < 1.29 is 14.3 Å². The van der Waals surface area contributed by atoms with E-state index in [0.717, 1.165) is 49.8 Å². The lowest BCUT2D eigenvalue weighted by Gasteiger charge is -2.39.